The summed E-state index contributed by atoms with van der Waals surface area (Å²) in [5.41, 5.74) is 2.60. The van der Waals surface area contributed by atoms with Crippen molar-refractivity contribution in [2.24, 2.45) is 0 Å². The summed E-state index contributed by atoms with van der Waals surface area (Å²) < 4.78 is 0. The van der Waals surface area contributed by atoms with Crippen LogP contribution in [-0.2, 0) is 10.5 Å². The topological polar surface area (TPSA) is 37.3 Å². The first kappa shape index (κ1) is 11.9. The molecule has 0 aromatic heterocycles. The van der Waals surface area contributed by atoms with Crippen molar-refractivity contribution in [3.63, 3.8) is 0 Å². The molecule has 0 aliphatic rings. The number of benzene rings is 1. The quantitative estimate of drug-likeness (QED) is 0.615. The van der Waals surface area contributed by atoms with Crippen molar-refractivity contribution in [1.29, 1.82) is 0 Å². The molecule has 2 nitrogen and oxygen atoms in total. The lowest BCUT2D eigenvalue weighted by Crippen LogP contribution is -1.88. The van der Waals surface area contributed by atoms with E-state index in [0.717, 1.165) is 11.5 Å². The second-order valence-electron chi connectivity index (χ2n) is 3.18. The van der Waals surface area contributed by atoms with Gasteiger partial charge in [0.25, 0.3) is 0 Å². The van der Waals surface area contributed by atoms with Crippen molar-refractivity contribution in [3.05, 3.63) is 47.5 Å². The predicted molar refractivity (Wildman–Crippen MR) is 64.1 cm³/mol. The van der Waals surface area contributed by atoms with Crippen LogP contribution in [-0.4, -0.2) is 16.8 Å². The molecule has 1 N–H and O–H groups in total. The standard InChI is InChI=1S/C12H14O2S/c1-10-5-2-3-6-11(10)9-15-8-4-7-12(13)14/h2-7H,8-9H2,1H3,(H,13,14). The van der Waals surface area contributed by atoms with Crippen LogP contribution in [0, 0.1) is 6.92 Å². The first-order valence-corrected chi connectivity index (χ1v) is 5.87. The van der Waals surface area contributed by atoms with Crippen LogP contribution in [0.2, 0.25) is 0 Å². The molecule has 1 rings (SSSR count). The normalized spacial score (nSPS) is 10.7. The van der Waals surface area contributed by atoms with E-state index >= 15 is 0 Å². The molecule has 1 aromatic carbocycles. The Morgan fingerprint density at radius 2 is 2.20 bits per heavy atom. The second kappa shape index (κ2) is 6.30. The van der Waals surface area contributed by atoms with Crippen molar-refractivity contribution < 1.29 is 9.90 Å². The fourth-order valence-corrected chi connectivity index (χ4v) is 2.05. The molecule has 0 unspecified atom stereocenters. The minimum absolute atomic E-state index is 0.737. The summed E-state index contributed by atoms with van der Waals surface area (Å²) in [6.45, 7) is 2.09. The van der Waals surface area contributed by atoms with Gasteiger partial charge in [-0.3, -0.25) is 0 Å². The number of carboxylic acid groups (broad SMARTS) is 1. The maximum Gasteiger partial charge on any atom is 0.328 e. The number of carboxylic acids is 1. The summed E-state index contributed by atoms with van der Waals surface area (Å²) in [6.07, 6.45) is 2.86. The summed E-state index contributed by atoms with van der Waals surface area (Å²) >= 11 is 1.71. The number of hydrogen-bond acceptors (Lipinski definition) is 2. The van der Waals surface area contributed by atoms with Gasteiger partial charge in [0.15, 0.2) is 0 Å². The Morgan fingerprint density at radius 1 is 1.47 bits per heavy atom. The van der Waals surface area contributed by atoms with E-state index in [-0.39, 0.29) is 0 Å². The highest BCUT2D eigenvalue weighted by atomic mass is 32.2. The number of carbonyl (C=O) groups is 1. The van der Waals surface area contributed by atoms with Gasteiger partial charge in [0.1, 0.15) is 0 Å². The minimum atomic E-state index is -0.883. The molecule has 3 heteroatoms. The van der Waals surface area contributed by atoms with Crippen LogP contribution in [0.5, 0.6) is 0 Å². The molecule has 80 valence electrons. The van der Waals surface area contributed by atoms with Gasteiger partial charge in [-0.2, -0.15) is 11.8 Å². The van der Waals surface area contributed by atoms with E-state index in [2.05, 4.69) is 19.1 Å². The highest BCUT2D eigenvalue weighted by Crippen LogP contribution is 2.15. The summed E-state index contributed by atoms with van der Waals surface area (Å²) in [6, 6.07) is 8.23. The van der Waals surface area contributed by atoms with Crippen molar-refractivity contribution in [1.82, 2.24) is 0 Å². The first-order valence-electron chi connectivity index (χ1n) is 4.72. The fraction of sp³-hybridized carbons (Fsp3) is 0.250. The smallest absolute Gasteiger partial charge is 0.328 e. The minimum Gasteiger partial charge on any atom is -0.478 e. The van der Waals surface area contributed by atoms with E-state index in [4.69, 9.17) is 5.11 Å². The average molecular weight is 222 g/mol. The lowest BCUT2D eigenvalue weighted by atomic mass is 10.1. The Morgan fingerprint density at radius 3 is 2.87 bits per heavy atom. The zero-order chi connectivity index (χ0) is 11.1. The van der Waals surface area contributed by atoms with Gasteiger partial charge in [0, 0.05) is 17.6 Å². The van der Waals surface area contributed by atoms with E-state index in [9.17, 15) is 4.79 Å². The SMILES string of the molecule is Cc1ccccc1CSCC=CC(=O)O. The van der Waals surface area contributed by atoms with Gasteiger partial charge in [0.2, 0.25) is 0 Å². The Balaban J connectivity index is 2.32. The summed E-state index contributed by atoms with van der Waals surface area (Å²) in [5.74, 6) is 0.781. The monoisotopic (exact) mass is 222 g/mol. The van der Waals surface area contributed by atoms with E-state index in [1.165, 1.54) is 17.2 Å². The van der Waals surface area contributed by atoms with Crippen molar-refractivity contribution in [3.8, 4) is 0 Å². The largest absolute Gasteiger partial charge is 0.478 e. The van der Waals surface area contributed by atoms with Crippen LogP contribution in [0.1, 0.15) is 11.1 Å². The third-order valence-corrected chi connectivity index (χ3v) is 2.94. The number of rotatable bonds is 5. The first-order chi connectivity index (χ1) is 7.20. The van der Waals surface area contributed by atoms with Gasteiger partial charge < -0.3 is 5.11 Å². The zero-order valence-electron chi connectivity index (χ0n) is 8.64. The van der Waals surface area contributed by atoms with E-state index < -0.39 is 5.97 Å². The number of thioether (sulfide) groups is 1. The molecule has 0 atom stereocenters. The van der Waals surface area contributed by atoms with Gasteiger partial charge in [-0.25, -0.2) is 4.79 Å². The van der Waals surface area contributed by atoms with Crippen LogP contribution in [0.3, 0.4) is 0 Å². The predicted octanol–water partition coefficient (Wildman–Crippen LogP) is 2.87. The molecule has 0 aliphatic carbocycles. The van der Waals surface area contributed by atoms with Crippen molar-refractivity contribution >= 4 is 17.7 Å². The molecule has 0 bridgehead atoms. The van der Waals surface area contributed by atoms with E-state index in [1.807, 2.05) is 12.1 Å². The summed E-state index contributed by atoms with van der Waals surface area (Å²) in [7, 11) is 0. The molecule has 15 heavy (non-hydrogen) atoms. The van der Waals surface area contributed by atoms with E-state index in [1.54, 1.807) is 17.8 Å². The molecule has 1 aromatic rings. The lowest BCUT2D eigenvalue weighted by Gasteiger charge is -2.03. The van der Waals surface area contributed by atoms with Crippen LogP contribution >= 0.6 is 11.8 Å². The molecule has 0 fully saturated rings. The lowest BCUT2D eigenvalue weighted by molar-refractivity contribution is -0.131. The van der Waals surface area contributed by atoms with E-state index in [0.29, 0.717) is 0 Å². The highest BCUT2D eigenvalue weighted by Gasteiger charge is 1.95. The molecule has 0 saturated carbocycles. The van der Waals surface area contributed by atoms with Crippen LogP contribution < -0.4 is 0 Å². The molecule has 0 radical (unpaired) electrons. The summed E-state index contributed by atoms with van der Waals surface area (Å²) in [5, 5.41) is 8.38. The van der Waals surface area contributed by atoms with Gasteiger partial charge in [-0.05, 0) is 18.1 Å². The summed E-state index contributed by atoms with van der Waals surface area (Å²) in [4.78, 5) is 10.2. The van der Waals surface area contributed by atoms with Gasteiger partial charge in [-0.1, -0.05) is 30.3 Å². The van der Waals surface area contributed by atoms with Gasteiger partial charge in [-0.15, -0.1) is 0 Å². The fourth-order valence-electron chi connectivity index (χ4n) is 1.16. The molecule has 0 aliphatic heterocycles. The molecule has 0 saturated heterocycles. The average Bonchev–Trinajstić information content (AvgIpc) is 2.20. The molecular weight excluding hydrogens is 208 g/mol. The maximum atomic E-state index is 10.2. The number of hydrogen-bond donors (Lipinski definition) is 1. The Labute approximate surface area is 94.0 Å². The third-order valence-electron chi connectivity index (χ3n) is 1.99. The molecule has 0 heterocycles. The van der Waals surface area contributed by atoms with Crippen molar-refractivity contribution in [2.45, 2.75) is 12.7 Å². The maximum absolute atomic E-state index is 10.2. The zero-order valence-corrected chi connectivity index (χ0v) is 9.46. The van der Waals surface area contributed by atoms with Gasteiger partial charge in [0.05, 0.1) is 0 Å². The van der Waals surface area contributed by atoms with Crippen molar-refractivity contribution in [2.75, 3.05) is 5.75 Å². The Bertz CT molecular complexity index is 358. The molecule has 0 amide bonds. The Kier molecular flexibility index (Phi) is 4.98. The molecule has 0 spiro atoms. The van der Waals surface area contributed by atoms with Crippen LogP contribution in [0.4, 0.5) is 0 Å². The second-order valence-corrected chi connectivity index (χ2v) is 4.21. The van der Waals surface area contributed by atoms with Crippen LogP contribution in [0.25, 0.3) is 0 Å². The highest BCUT2D eigenvalue weighted by molar-refractivity contribution is 7.98. The van der Waals surface area contributed by atoms with Crippen LogP contribution in [0.15, 0.2) is 36.4 Å². The number of aryl methyl sites for hydroxylation is 1. The Hall–Kier alpha value is -1.22. The third kappa shape index (κ3) is 4.70. The van der Waals surface area contributed by atoms with Gasteiger partial charge >= 0.3 is 5.97 Å². The molecular formula is C12H14O2S. The number of aliphatic carboxylic acids is 1.